The number of hydrogen-bond donors (Lipinski definition) is 1. The summed E-state index contributed by atoms with van der Waals surface area (Å²) in [6.45, 7) is 4.46. The summed E-state index contributed by atoms with van der Waals surface area (Å²) in [4.78, 5) is 5.55. The summed E-state index contributed by atoms with van der Waals surface area (Å²) < 4.78 is 28.7. The maximum absolute atomic E-state index is 12.7. The van der Waals surface area contributed by atoms with Crippen molar-refractivity contribution in [2.75, 3.05) is 38.6 Å². The van der Waals surface area contributed by atoms with Crippen molar-refractivity contribution >= 4 is 27.0 Å². The molecule has 0 radical (unpaired) electrons. The Bertz CT molecular complexity index is 838. The van der Waals surface area contributed by atoms with Gasteiger partial charge < -0.3 is 4.90 Å². The third-order valence-electron chi connectivity index (χ3n) is 5.09. The van der Waals surface area contributed by atoms with Gasteiger partial charge in [-0.15, -0.1) is 11.3 Å². The van der Waals surface area contributed by atoms with Crippen molar-refractivity contribution in [3.05, 3.63) is 46.8 Å². The van der Waals surface area contributed by atoms with Crippen LogP contribution in [0.2, 0.25) is 0 Å². The first-order chi connectivity index (χ1) is 12.9. The second-order valence-electron chi connectivity index (χ2n) is 7.17. The number of likely N-dealkylation sites (tertiary alicyclic amines) is 1. The second-order valence-corrected chi connectivity index (χ2v) is 10.3. The van der Waals surface area contributed by atoms with E-state index < -0.39 is 10.0 Å². The number of rotatable bonds is 8. The summed E-state index contributed by atoms with van der Waals surface area (Å²) in [5.74, 6) is 0. The lowest BCUT2D eigenvalue weighted by Crippen LogP contribution is -2.36. The summed E-state index contributed by atoms with van der Waals surface area (Å²) in [7, 11) is 0.571. The number of nitrogens with one attached hydrogen (secondary N) is 1. The van der Waals surface area contributed by atoms with Crippen molar-refractivity contribution in [3.63, 3.8) is 0 Å². The highest BCUT2D eigenvalue weighted by molar-refractivity contribution is 7.91. The van der Waals surface area contributed by atoms with Gasteiger partial charge in [0.05, 0.1) is 0 Å². The minimum Gasteiger partial charge on any atom is -0.378 e. The number of nitrogens with zero attached hydrogens (tertiary/aromatic N) is 2. The van der Waals surface area contributed by atoms with E-state index in [2.05, 4.69) is 38.8 Å². The summed E-state index contributed by atoms with van der Waals surface area (Å²) in [5.41, 5.74) is 2.30. The highest BCUT2D eigenvalue weighted by atomic mass is 32.2. The summed E-state index contributed by atoms with van der Waals surface area (Å²) in [5, 5.41) is 0. The molecular weight excluding hydrogens is 378 g/mol. The van der Waals surface area contributed by atoms with Crippen molar-refractivity contribution in [3.8, 4) is 0 Å². The maximum Gasteiger partial charge on any atom is 0.250 e. The molecule has 1 fully saturated rings. The molecule has 7 heteroatoms. The van der Waals surface area contributed by atoms with Crippen LogP contribution in [0.5, 0.6) is 0 Å². The van der Waals surface area contributed by atoms with Crippen molar-refractivity contribution in [1.82, 2.24) is 9.62 Å². The van der Waals surface area contributed by atoms with Crippen LogP contribution >= 0.6 is 11.3 Å². The maximum atomic E-state index is 12.7. The van der Waals surface area contributed by atoms with E-state index in [1.807, 2.05) is 27.1 Å². The Kier molecular flexibility index (Phi) is 6.57. The van der Waals surface area contributed by atoms with E-state index in [0.29, 0.717) is 10.8 Å². The molecule has 148 valence electrons. The monoisotopic (exact) mass is 407 g/mol. The quantitative estimate of drug-likeness (QED) is 0.728. The molecule has 0 unspecified atom stereocenters. The van der Waals surface area contributed by atoms with Crippen molar-refractivity contribution in [1.29, 1.82) is 0 Å². The molecule has 0 saturated carbocycles. The fourth-order valence-corrected chi connectivity index (χ4v) is 5.84. The summed E-state index contributed by atoms with van der Waals surface area (Å²) in [6, 6.07) is 12.1. The van der Waals surface area contributed by atoms with Crippen molar-refractivity contribution in [2.24, 2.45) is 0 Å². The first-order valence-electron chi connectivity index (χ1n) is 9.50. The zero-order chi connectivity index (χ0) is 19.4. The van der Waals surface area contributed by atoms with Gasteiger partial charge in [-0.25, -0.2) is 13.1 Å². The van der Waals surface area contributed by atoms with Crippen LogP contribution in [-0.4, -0.2) is 47.0 Å². The normalized spacial score (nSPS) is 16.6. The molecule has 1 atom stereocenters. The molecule has 1 aromatic carbocycles. The van der Waals surface area contributed by atoms with E-state index in [-0.39, 0.29) is 6.04 Å². The standard InChI is InChI=1S/C20H29N3O2S2/c1-4-18-11-12-20(26-18)27(24,25)21-15-19(23-13-5-6-14-23)16-7-9-17(10-8-16)22(2)3/h7-12,19,21H,4-6,13-15H2,1-3H3/t19-/m0/s1. The molecule has 0 bridgehead atoms. The number of anilines is 1. The molecule has 1 aromatic heterocycles. The van der Waals surface area contributed by atoms with Gasteiger partial charge in [-0.05, 0) is 62.2 Å². The smallest absolute Gasteiger partial charge is 0.250 e. The fraction of sp³-hybridized carbons (Fsp3) is 0.500. The van der Waals surface area contributed by atoms with Gasteiger partial charge in [0.25, 0.3) is 0 Å². The molecule has 0 spiro atoms. The van der Waals surface area contributed by atoms with Crippen molar-refractivity contribution in [2.45, 2.75) is 36.4 Å². The molecule has 1 aliphatic heterocycles. The van der Waals surface area contributed by atoms with E-state index in [1.54, 1.807) is 6.07 Å². The van der Waals surface area contributed by atoms with E-state index in [9.17, 15) is 8.42 Å². The van der Waals surface area contributed by atoms with E-state index in [0.717, 1.165) is 35.6 Å². The number of aryl methyl sites for hydroxylation is 1. The van der Waals surface area contributed by atoms with Gasteiger partial charge in [0.2, 0.25) is 10.0 Å². The first kappa shape index (κ1) is 20.3. The summed E-state index contributed by atoms with van der Waals surface area (Å²) in [6.07, 6.45) is 3.20. The zero-order valence-corrected chi connectivity index (χ0v) is 17.9. The largest absolute Gasteiger partial charge is 0.378 e. The van der Waals surface area contributed by atoms with E-state index in [4.69, 9.17) is 0 Å². The van der Waals surface area contributed by atoms with Gasteiger partial charge in [-0.2, -0.15) is 0 Å². The van der Waals surface area contributed by atoms with Gasteiger partial charge in [-0.1, -0.05) is 19.1 Å². The summed E-state index contributed by atoms with van der Waals surface area (Å²) >= 11 is 1.36. The van der Waals surface area contributed by atoms with Gasteiger partial charge >= 0.3 is 0 Å². The average molecular weight is 408 g/mol. The highest BCUT2D eigenvalue weighted by Gasteiger charge is 2.26. The van der Waals surface area contributed by atoms with Gasteiger partial charge in [-0.3, -0.25) is 4.90 Å². The van der Waals surface area contributed by atoms with Crippen molar-refractivity contribution < 1.29 is 8.42 Å². The Morgan fingerprint density at radius 1 is 1.11 bits per heavy atom. The fourth-order valence-electron chi connectivity index (χ4n) is 3.46. The van der Waals surface area contributed by atoms with Crippen LogP contribution in [0.3, 0.4) is 0 Å². The van der Waals surface area contributed by atoms with E-state index in [1.165, 1.54) is 24.2 Å². The van der Waals surface area contributed by atoms with Crippen LogP contribution in [0, 0.1) is 0 Å². The first-order valence-corrected chi connectivity index (χ1v) is 11.8. The molecule has 0 aliphatic carbocycles. The highest BCUT2D eigenvalue weighted by Crippen LogP contribution is 2.27. The Balaban J connectivity index is 1.77. The Labute approximate surface area is 167 Å². The SMILES string of the molecule is CCc1ccc(S(=O)(=O)NC[C@@H](c2ccc(N(C)C)cc2)N2CCCC2)s1. The second kappa shape index (κ2) is 8.73. The third-order valence-corrected chi connectivity index (χ3v) is 8.24. The molecule has 1 N–H and O–H groups in total. The number of hydrogen-bond acceptors (Lipinski definition) is 5. The molecule has 1 saturated heterocycles. The number of benzene rings is 1. The molecule has 2 heterocycles. The van der Waals surface area contributed by atoms with E-state index >= 15 is 0 Å². The Hall–Kier alpha value is -1.41. The Morgan fingerprint density at radius 2 is 1.78 bits per heavy atom. The third kappa shape index (κ3) is 4.90. The molecule has 0 amide bonds. The van der Waals surface area contributed by atoms with Crippen LogP contribution in [-0.2, 0) is 16.4 Å². The topological polar surface area (TPSA) is 52.7 Å². The van der Waals surface area contributed by atoms with Crippen LogP contribution in [0.15, 0.2) is 40.6 Å². The van der Waals surface area contributed by atoms with Gasteiger partial charge in [0.15, 0.2) is 0 Å². The average Bonchev–Trinajstić information content (AvgIpc) is 3.34. The minimum atomic E-state index is -3.47. The minimum absolute atomic E-state index is 0.0593. The number of thiophene rings is 1. The van der Waals surface area contributed by atoms with Crippen LogP contribution in [0.1, 0.15) is 36.2 Å². The van der Waals surface area contributed by atoms with Gasteiger partial charge in [0.1, 0.15) is 4.21 Å². The predicted molar refractivity (Wildman–Crippen MR) is 113 cm³/mol. The predicted octanol–water partition coefficient (Wildman–Crippen LogP) is 3.49. The lowest BCUT2D eigenvalue weighted by Gasteiger charge is -2.28. The lowest BCUT2D eigenvalue weighted by atomic mass is 10.1. The van der Waals surface area contributed by atoms with Crippen LogP contribution in [0.25, 0.3) is 0 Å². The molecule has 27 heavy (non-hydrogen) atoms. The lowest BCUT2D eigenvalue weighted by molar-refractivity contribution is 0.246. The molecular formula is C20H29N3O2S2. The zero-order valence-electron chi connectivity index (χ0n) is 16.3. The molecule has 2 aromatic rings. The van der Waals surface area contributed by atoms with Gasteiger partial charge in [0, 0.05) is 37.2 Å². The van der Waals surface area contributed by atoms with Crippen LogP contribution in [0.4, 0.5) is 5.69 Å². The Morgan fingerprint density at radius 3 is 2.33 bits per heavy atom. The molecule has 3 rings (SSSR count). The molecule has 5 nitrogen and oxygen atoms in total. The number of sulfonamides is 1. The van der Waals surface area contributed by atoms with Crippen LogP contribution < -0.4 is 9.62 Å². The molecule has 1 aliphatic rings.